The third-order valence-electron chi connectivity index (χ3n) is 4.66. The Morgan fingerprint density at radius 2 is 1.86 bits per heavy atom. The number of rotatable bonds is 8. The molecule has 1 aromatic rings. The third-order valence-corrected chi connectivity index (χ3v) is 4.66. The second-order valence-electron chi connectivity index (χ2n) is 6.37. The minimum Gasteiger partial charge on any atom is -0.307 e. The quantitative estimate of drug-likeness (QED) is 0.714. The summed E-state index contributed by atoms with van der Waals surface area (Å²) in [4.78, 5) is 2.74. The molecule has 2 rings (SSSR count). The Hall–Kier alpha value is -0.860. The van der Waals surface area contributed by atoms with Crippen LogP contribution in [0.1, 0.15) is 64.0 Å². The van der Waals surface area contributed by atoms with Gasteiger partial charge in [0.2, 0.25) is 0 Å². The van der Waals surface area contributed by atoms with Gasteiger partial charge in [-0.1, -0.05) is 69.9 Å². The van der Waals surface area contributed by atoms with Gasteiger partial charge in [0.1, 0.15) is 0 Å². The first-order chi connectivity index (χ1) is 10.3. The van der Waals surface area contributed by atoms with Gasteiger partial charge < -0.3 is 5.32 Å². The first kappa shape index (κ1) is 16.5. The molecule has 1 heterocycles. The predicted molar refractivity (Wildman–Crippen MR) is 91.6 cm³/mol. The number of hydrogen-bond acceptors (Lipinski definition) is 2. The molecule has 21 heavy (non-hydrogen) atoms. The van der Waals surface area contributed by atoms with Crippen LogP contribution in [0.3, 0.4) is 0 Å². The van der Waals surface area contributed by atoms with Crippen molar-refractivity contribution in [1.82, 2.24) is 10.2 Å². The van der Waals surface area contributed by atoms with E-state index >= 15 is 0 Å². The molecule has 2 unspecified atom stereocenters. The van der Waals surface area contributed by atoms with E-state index in [1.54, 1.807) is 0 Å². The van der Waals surface area contributed by atoms with Crippen molar-refractivity contribution in [3.63, 3.8) is 0 Å². The lowest BCUT2D eigenvalue weighted by atomic mass is 9.99. The van der Waals surface area contributed by atoms with Crippen LogP contribution in [0.2, 0.25) is 0 Å². The molecular weight excluding hydrogens is 256 g/mol. The van der Waals surface area contributed by atoms with Gasteiger partial charge in [0.25, 0.3) is 0 Å². The zero-order valence-electron chi connectivity index (χ0n) is 13.9. The molecular formula is C19H32N2. The van der Waals surface area contributed by atoms with Crippen LogP contribution in [-0.4, -0.2) is 30.6 Å². The maximum atomic E-state index is 3.76. The Morgan fingerprint density at radius 1 is 1.05 bits per heavy atom. The summed E-state index contributed by atoms with van der Waals surface area (Å²) >= 11 is 0. The van der Waals surface area contributed by atoms with Crippen molar-refractivity contribution < 1.29 is 0 Å². The van der Waals surface area contributed by atoms with Crippen molar-refractivity contribution in [2.75, 3.05) is 19.6 Å². The summed E-state index contributed by atoms with van der Waals surface area (Å²) in [6.07, 6.45) is 8.06. The second kappa shape index (κ2) is 9.22. The number of nitrogens with zero attached hydrogens (tertiary/aromatic N) is 1. The summed E-state index contributed by atoms with van der Waals surface area (Å²) in [5, 5.41) is 3.76. The minimum absolute atomic E-state index is 0.505. The van der Waals surface area contributed by atoms with Crippen LogP contribution in [-0.2, 0) is 0 Å². The zero-order valence-corrected chi connectivity index (χ0v) is 13.9. The van der Waals surface area contributed by atoms with E-state index in [0.29, 0.717) is 6.04 Å². The van der Waals surface area contributed by atoms with Crippen molar-refractivity contribution in [3.05, 3.63) is 35.9 Å². The lowest BCUT2D eigenvalue weighted by Crippen LogP contribution is -2.52. The Kier molecular flexibility index (Phi) is 7.25. The largest absolute Gasteiger partial charge is 0.307 e. The molecule has 0 radical (unpaired) electrons. The van der Waals surface area contributed by atoms with Gasteiger partial charge in [0.05, 0.1) is 0 Å². The van der Waals surface area contributed by atoms with Crippen LogP contribution in [0, 0.1) is 0 Å². The summed E-state index contributed by atoms with van der Waals surface area (Å²) in [6.45, 7) is 8.17. The molecule has 1 N–H and O–H groups in total. The molecule has 0 aliphatic carbocycles. The maximum Gasteiger partial charge on any atom is 0.0449 e. The highest BCUT2D eigenvalue weighted by Crippen LogP contribution is 2.22. The fraction of sp³-hybridized carbons (Fsp3) is 0.684. The smallest absolute Gasteiger partial charge is 0.0449 e. The predicted octanol–water partition coefficient (Wildman–Crippen LogP) is 4.38. The molecule has 1 aromatic carbocycles. The van der Waals surface area contributed by atoms with Crippen molar-refractivity contribution >= 4 is 0 Å². The highest BCUT2D eigenvalue weighted by Gasteiger charge is 2.27. The van der Waals surface area contributed by atoms with E-state index in [0.717, 1.165) is 12.6 Å². The SMILES string of the molecule is CCCCCCN1CC(c2ccccc2)NCC1CCC. The molecule has 2 heteroatoms. The normalized spacial score (nSPS) is 23.3. The average molecular weight is 288 g/mol. The van der Waals surface area contributed by atoms with Crippen molar-refractivity contribution in [1.29, 1.82) is 0 Å². The molecule has 1 saturated heterocycles. The van der Waals surface area contributed by atoms with Crippen LogP contribution in [0.25, 0.3) is 0 Å². The summed E-state index contributed by atoms with van der Waals surface area (Å²) in [6, 6.07) is 12.2. The molecule has 2 atom stereocenters. The van der Waals surface area contributed by atoms with Crippen LogP contribution in [0.5, 0.6) is 0 Å². The van der Waals surface area contributed by atoms with Gasteiger partial charge in [-0.05, 0) is 24.9 Å². The summed E-state index contributed by atoms with van der Waals surface area (Å²) < 4.78 is 0. The standard InChI is InChI=1S/C19H32N2/c1-3-5-6-10-14-21-16-19(17-12-8-7-9-13-17)20-15-18(21)11-4-2/h7-9,12-13,18-20H,3-6,10-11,14-16H2,1-2H3. The molecule has 2 nitrogen and oxygen atoms in total. The number of piperazine rings is 1. The molecule has 0 bridgehead atoms. The lowest BCUT2D eigenvalue weighted by Gasteiger charge is -2.41. The summed E-state index contributed by atoms with van der Waals surface area (Å²) in [5.74, 6) is 0. The molecule has 0 aromatic heterocycles. The Bertz CT molecular complexity index is 376. The van der Waals surface area contributed by atoms with Crippen LogP contribution >= 0.6 is 0 Å². The first-order valence-electron chi connectivity index (χ1n) is 8.87. The highest BCUT2D eigenvalue weighted by atomic mass is 15.2. The topological polar surface area (TPSA) is 15.3 Å². The maximum absolute atomic E-state index is 3.76. The molecule has 118 valence electrons. The van der Waals surface area contributed by atoms with Gasteiger partial charge in [-0.2, -0.15) is 0 Å². The number of nitrogens with one attached hydrogen (secondary N) is 1. The van der Waals surface area contributed by atoms with E-state index in [9.17, 15) is 0 Å². The Labute approximate surface area is 130 Å². The fourth-order valence-corrected chi connectivity index (χ4v) is 3.40. The monoisotopic (exact) mass is 288 g/mol. The van der Waals surface area contributed by atoms with Gasteiger partial charge in [-0.3, -0.25) is 4.90 Å². The van der Waals surface area contributed by atoms with Gasteiger partial charge in [-0.15, -0.1) is 0 Å². The average Bonchev–Trinajstić information content (AvgIpc) is 2.54. The number of unbranched alkanes of at least 4 members (excludes halogenated alkanes) is 3. The summed E-state index contributed by atoms with van der Waals surface area (Å²) in [5.41, 5.74) is 1.44. The van der Waals surface area contributed by atoms with Crippen LogP contribution in [0.4, 0.5) is 0 Å². The van der Waals surface area contributed by atoms with E-state index < -0.39 is 0 Å². The number of benzene rings is 1. The fourth-order valence-electron chi connectivity index (χ4n) is 3.40. The summed E-state index contributed by atoms with van der Waals surface area (Å²) in [7, 11) is 0. The van der Waals surface area contributed by atoms with Crippen molar-refractivity contribution in [2.24, 2.45) is 0 Å². The van der Waals surface area contributed by atoms with Crippen molar-refractivity contribution in [2.45, 2.75) is 64.5 Å². The van der Waals surface area contributed by atoms with Gasteiger partial charge in [0.15, 0.2) is 0 Å². The van der Waals surface area contributed by atoms with E-state index in [2.05, 4.69) is 54.4 Å². The second-order valence-corrected chi connectivity index (χ2v) is 6.37. The highest BCUT2D eigenvalue weighted by molar-refractivity contribution is 5.20. The minimum atomic E-state index is 0.505. The van der Waals surface area contributed by atoms with E-state index in [1.807, 2.05) is 0 Å². The third kappa shape index (κ3) is 5.12. The molecule has 0 saturated carbocycles. The van der Waals surface area contributed by atoms with Gasteiger partial charge in [0, 0.05) is 25.2 Å². The van der Waals surface area contributed by atoms with E-state index in [4.69, 9.17) is 0 Å². The number of hydrogen-bond donors (Lipinski definition) is 1. The van der Waals surface area contributed by atoms with Gasteiger partial charge >= 0.3 is 0 Å². The van der Waals surface area contributed by atoms with Crippen LogP contribution in [0.15, 0.2) is 30.3 Å². The lowest BCUT2D eigenvalue weighted by molar-refractivity contribution is 0.120. The molecule has 0 amide bonds. The van der Waals surface area contributed by atoms with E-state index in [1.165, 1.54) is 57.2 Å². The van der Waals surface area contributed by atoms with E-state index in [-0.39, 0.29) is 0 Å². The molecule has 1 aliphatic rings. The molecule has 0 spiro atoms. The first-order valence-corrected chi connectivity index (χ1v) is 8.87. The van der Waals surface area contributed by atoms with Crippen LogP contribution < -0.4 is 5.32 Å². The van der Waals surface area contributed by atoms with Gasteiger partial charge in [-0.25, -0.2) is 0 Å². The zero-order chi connectivity index (χ0) is 14.9. The molecule has 1 aliphatic heterocycles. The van der Waals surface area contributed by atoms with Crippen molar-refractivity contribution in [3.8, 4) is 0 Å². The molecule has 1 fully saturated rings. The Morgan fingerprint density at radius 3 is 2.57 bits per heavy atom. The Balaban J connectivity index is 1.91.